The molecule has 0 bridgehead atoms. The number of carboxylic acids is 3. The highest BCUT2D eigenvalue weighted by Crippen LogP contribution is 2.23. The topological polar surface area (TPSA) is 179 Å². The highest BCUT2D eigenvalue weighted by atomic mass is 16.5. The molecule has 11 nitrogen and oxygen atoms in total. The maximum absolute atomic E-state index is 12.8. The van der Waals surface area contributed by atoms with E-state index >= 15 is 0 Å². The lowest BCUT2D eigenvalue weighted by molar-refractivity contribution is -0.159. The Bertz CT molecular complexity index is 865. The molecule has 0 aromatic heterocycles. The van der Waals surface area contributed by atoms with E-state index in [4.69, 9.17) is 20.1 Å². The van der Waals surface area contributed by atoms with Gasteiger partial charge in [-0.3, -0.25) is 14.4 Å². The maximum Gasteiger partial charge on any atom is 0.356 e. The zero-order chi connectivity index (χ0) is 25.1. The van der Waals surface area contributed by atoms with Gasteiger partial charge in [-0.25, -0.2) is 9.59 Å². The van der Waals surface area contributed by atoms with Crippen LogP contribution in [0.5, 0.6) is 5.75 Å². The van der Waals surface area contributed by atoms with Gasteiger partial charge in [0.1, 0.15) is 11.8 Å². The number of carbonyl (C=O) groups excluding carboxylic acids is 2. The van der Waals surface area contributed by atoms with Crippen LogP contribution in [-0.4, -0.2) is 63.7 Å². The molecule has 0 radical (unpaired) electrons. The Labute approximate surface area is 196 Å². The van der Waals surface area contributed by atoms with Gasteiger partial charge in [0.05, 0.1) is 6.42 Å². The van der Waals surface area contributed by atoms with E-state index in [-0.39, 0.29) is 30.9 Å². The number of carbonyl (C=O) groups is 5. The lowest BCUT2D eigenvalue weighted by Gasteiger charge is -2.24. The van der Waals surface area contributed by atoms with Crippen molar-refractivity contribution >= 4 is 29.7 Å². The molecule has 2 rings (SSSR count). The molecule has 0 spiro atoms. The molecule has 0 aliphatic heterocycles. The van der Waals surface area contributed by atoms with E-state index in [9.17, 15) is 24.0 Å². The van der Waals surface area contributed by atoms with Gasteiger partial charge in [0.15, 0.2) is 0 Å². The minimum atomic E-state index is -2.06. The molecular weight excluding hydrogens is 448 g/mol. The Hall–Kier alpha value is -3.63. The standard InChI is InChI=1S/C23H30N2O9/c26-18(10-11-19(27)28)25-17(21(29)24-13-15-4-2-1-3-5-15)12-14-6-8-16(9-7-14)34-20(22(30)31)23(32)33/h6-9,15,17,20H,1-5,10-13H2,(H,24,29)(H,25,26)(H,27,28)(H,30,31)(H,32,33)/t17-/m0/s1. The normalized spacial score (nSPS) is 14.7. The number of amides is 2. The molecule has 11 heteroatoms. The monoisotopic (exact) mass is 478 g/mol. The van der Waals surface area contributed by atoms with E-state index in [1.54, 1.807) is 0 Å². The number of benzene rings is 1. The first-order valence-corrected chi connectivity index (χ1v) is 11.2. The number of hydrogen-bond acceptors (Lipinski definition) is 6. The van der Waals surface area contributed by atoms with E-state index < -0.39 is 36.0 Å². The van der Waals surface area contributed by atoms with Crippen LogP contribution in [0.3, 0.4) is 0 Å². The van der Waals surface area contributed by atoms with Gasteiger partial charge in [-0.2, -0.15) is 0 Å². The molecule has 186 valence electrons. The summed E-state index contributed by atoms with van der Waals surface area (Å²) in [7, 11) is 0. The SMILES string of the molecule is O=C(O)CCC(=O)N[C@@H](Cc1ccc(OC(C(=O)O)C(=O)O)cc1)C(=O)NCC1CCCCC1. The van der Waals surface area contributed by atoms with Crippen molar-refractivity contribution in [3.8, 4) is 5.75 Å². The predicted octanol–water partition coefficient (Wildman–Crippen LogP) is 1.19. The van der Waals surface area contributed by atoms with Crippen molar-refractivity contribution in [3.05, 3.63) is 29.8 Å². The summed E-state index contributed by atoms with van der Waals surface area (Å²) in [5.41, 5.74) is 0.603. The summed E-state index contributed by atoms with van der Waals surface area (Å²) in [6.45, 7) is 0.499. The molecule has 0 unspecified atom stereocenters. The van der Waals surface area contributed by atoms with E-state index in [0.717, 1.165) is 25.7 Å². The third kappa shape index (κ3) is 9.08. The van der Waals surface area contributed by atoms with E-state index in [2.05, 4.69) is 10.6 Å². The summed E-state index contributed by atoms with van der Waals surface area (Å²) in [4.78, 5) is 57.7. The van der Waals surface area contributed by atoms with Crippen LogP contribution >= 0.6 is 0 Å². The van der Waals surface area contributed by atoms with Gasteiger partial charge in [0, 0.05) is 19.4 Å². The molecular formula is C23H30N2O9. The quantitative estimate of drug-likeness (QED) is 0.260. The molecule has 0 saturated heterocycles. The number of aliphatic carboxylic acids is 3. The smallest absolute Gasteiger partial charge is 0.356 e. The van der Waals surface area contributed by atoms with Crippen LogP contribution in [0.2, 0.25) is 0 Å². The molecule has 34 heavy (non-hydrogen) atoms. The van der Waals surface area contributed by atoms with Gasteiger partial charge in [0.2, 0.25) is 11.8 Å². The Morgan fingerprint density at radius 2 is 1.53 bits per heavy atom. The Morgan fingerprint density at radius 3 is 2.09 bits per heavy atom. The minimum Gasteiger partial charge on any atom is -0.481 e. The highest BCUT2D eigenvalue weighted by Gasteiger charge is 2.28. The molecule has 1 saturated carbocycles. The van der Waals surface area contributed by atoms with Crippen molar-refractivity contribution in [2.75, 3.05) is 6.54 Å². The summed E-state index contributed by atoms with van der Waals surface area (Å²) in [6, 6.07) is 4.86. The van der Waals surface area contributed by atoms with Gasteiger partial charge in [-0.15, -0.1) is 0 Å². The Morgan fingerprint density at radius 1 is 0.912 bits per heavy atom. The average molecular weight is 478 g/mol. The minimum absolute atomic E-state index is 0.0161. The van der Waals surface area contributed by atoms with Gasteiger partial charge >= 0.3 is 17.9 Å². The third-order valence-electron chi connectivity index (χ3n) is 5.57. The summed E-state index contributed by atoms with van der Waals surface area (Å²) >= 11 is 0. The molecule has 1 atom stereocenters. The number of rotatable bonds is 13. The van der Waals surface area contributed by atoms with Crippen LogP contribution in [0.4, 0.5) is 0 Å². The largest absolute Gasteiger partial charge is 0.481 e. The van der Waals surface area contributed by atoms with Gasteiger partial charge in [0.25, 0.3) is 6.10 Å². The molecule has 1 aromatic rings. The predicted molar refractivity (Wildman–Crippen MR) is 118 cm³/mol. The second-order valence-electron chi connectivity index (χ2n) is 8.29. The molecule has 1 aromatic carbocycles. The van der Waals surface area contributed by atoms with Crippen LogP contribution in [-0.2, 0) is 30.4 Å². The molecule has 1 aliphatic rings. The first kappa shape index (κ1) is 26.6. The van der Waals surface area contributed by atoms with Crippen LogP contribution in [0.25, 0.3) is 0 Å². The Kier molecular flexibility index (Phi) is 10.3. The third-order valence-corrected chi connectivity index (χ3v) is 5.57. The molecule has 0 heterocycles. The van der Waals surface area contributed by atoms with Crippen molar-refractivity contribution in [1.29, 1.82) is 0 Å². The molecule has 1 aliphatic carbocycles. The summed E-state index contributed by atoms with van der Waals surface area (Å²) in [5, 5.41) is 32.1. The first-order chi connectivity index (χ1) is 16.2. The number of ether oxygens (including phenoxy) is 1. The van der Waals surface area contributed by atoms with Crippen LogP contribution < -0.4 is 15.4 Å². The van der Waals surface area contributed by atoms with Crippen molar-refractivity contribution in [1.82, 2.24) is 10.6 Å². The fraction of sp³-hybridized carbons (Fsp3) is 0.522. The van der Waals surface area contributed by atoms with Crippen molar-refractivity contribution < 1.29 is 44.0 Å². The second kappa shape index (κ2) is 13.2. The number of nitrogens with one attached hydrogen (secondary N) is 2. The lowest BCUT2D eigenvalue weighted by atomic mass is 9.89. The zero-order valence-electron chi connectivity index (χ0n) is 18.7. The molecule has 2 amide bonds. The van der Waals surface area contributed by atoms with Gasteiger partial charge in [-0.1, -0.05) is 31.4 Å². The van der Waals surface area contributed by atoms with Crippen molar-refractivity contribution in [2.24, 2.45) is 5.92 Å². The van der Waals surface area contributed by atoms with E-state index in [0.29, 0.717) is 18.0 Å². The molecule has 5 N–H and O–H groups in total. The van der Waals surface area contributed by atoms with Gasteiger partial charge < -0.3 is 30.7 Å². The van der Waals surface area contributed by atoms with Crippen molar-refractivity contribution in [3.63, 3.8) is 0 Å². The highest BCUT2D eigenvalue weighted by molar-refractivity contribution is 5.96. The zero-order valence-corrected chi connectivity index (χ0v) is 18.7. The average Bonchev–Trinajstić information content (AvgIpc) is 2.80. The van der Waals surface area contributed by atoms with Crippen molar-refractivity contribution in [2.45, 2.75) is 63.5 Å². The van der Waals surface area contributed by atoms with Crippen LogP contribution in [0, 0.1) is 5.92 Å². The second-order valence-corrected chi connectivity index (χ2v) is 8.29. The lowest BCUT2D eigenvalue weighted by Crippen LogP contribution is -2.49. The van der Waals surface area contributed by atoms with Crippen LogP contribution in [0.1, 0.15) is 50.5 Å². The molecule has 1 fully saturated rings. The summed E-state index contributed by atoms with van der Waals surface area (Å²) < 4.78 is 4.97. The summed E-state index contributed by atoms with van der Waals surface area (Å²) in [5.74, 6) is -4.95. The number of hydrogen-bond donors (Lipinski definition) is 5. The van der Waals surface area contributed by atoms with E-state index in [1.807, 2.05) is 0 Å². The Balaban J connectivity index is 2.04. The maximum atomic E-state index is 12.8. The summed E-state index contributed by atoms with van der Waals surface area (Å²) in [6.07, 6.45) is 2.91. The number of carboxylic acid groups (broad SMARTS) is 3. The fourth-order valence-corrected chi connectivity index (χ4v) is 3.74. The van der Waals surface area contributed by atoms with Gasteiger partial charge in [-0.05, 0) is 36.5 Å². The van der Waals surface area contributed by atoms with E-state index in [1.165, 1.54) is 30.7 Å². The van der Waals surface area contributed by atoms with Crippen LogP contribution in [0.15, 0.2) is 24.3 Å². The fourth-order valence-electron chi connectivity index (χ4n) is 3.74. The first-order valence-electron chi connectivity index (χ1n) is 11.2.